The molecule has 0 spiro atoms. The van der Waals surface area contributed by atoms with Gasteiger partial charge in [0.25, 0.3) is 0 Å². The van der Waals surface area contributed by atoms with E-state index in [1.807, 2.05) is 12.1 Å². The lowest BCUT2D eigenvalue weighted by Crippen LogP contribution is -1.96. The molecule has 1 N–H and O–H groups in total. The van der Waals surface area contributed by atoms with Crippen molar-refractivity contribution in [2.45, 2.75) is 12.8 Å². The summed E-state index contributed by atoms with van der Waals surface area (Å²) in [5.74, 6) is 3.32. The van der Waals surface area contributed by atoms with Crippen molar-refractivity contribution in [1.29, 1.82) is 0 Å². The van der Waals surface area contributed by atoms with E-state index in [1.54, 1.807) is 0 Å². The van der Waals surface area contributed by atoms with Gasteiger partial charge in [0.15, 0.2) is 0 Å². The highest BCUT2D eigenvalue weighted by Crippen LogP contribution is 2.37. The monoisotopic (exact) mass is 207 g/mol. The number of hydrogen-bond acceptors (Lipinski definition) is 1. The topological polar surface area (TPSA) is 12.0 Å². The molecular weight excluding hydrogens is 194 g/mol. The van der Waals surface area contributed by atoms with Gasteiger partial charge < -0.3 is 5.32 Å². The van der Waals surface area contributed by atoms with E-state index in [9.17, 15) is 0 Å². The Morgan fingerprint density at radius 2 is 2.12 bits per heavy atom. The summed E-state index contributed by atoms with van der Waals surface area (Å²) >= 11 is 0. The maximum absolute atomic E-state index is 5.53. The summed E-state index contributed by atoms with van der Waals surface area (Å²) in [5.41, 5.74) is 3.66. The predicted octanol–water partition coefficient (Wildman–Crippen LogP) is 3.35. The van der Waals surface area contributed by atoms with Gasteiger partial charge in [-0.2, -0.15) is 0 Å². The average molecular weight is 207 g/mol. The minimum absolute atomic E-state index is 0.562. The van der Waals surface area contributed by atoms with Gasteiger partial charge >= 0.3 is 0 Å². The Kier molecular flexibility index (Phi) is 1.91. The van der Waals surface area contributed by atoms with E-state index < -0.39 is 0 Å². The van der Waals surface area contributed by atoms with Crippen molar-refractivity contribution in [3.05, 3.63) is 41.5 Å². The molecule has 0 radical (unpaired) electrons. The second-order valence-electron chi connectivity index (χ2n) is 4.35. The molecule has 2 aromatic carbocycles. The van der Waals surface area contributed by atoms with Crippen LogP contribution in [0.3, 0.4) is 0 Å². The van der Waals surface area contributed by atoms with Crippen LogP contribution >= 0.6 is 0 Å². The number of terminal acetylenes is 1. The van der Waals surface area contributed by atoms with Gasteiger partial charge in [-0.1, -0.05) is 31.0 Å². The van der Waals surface area contributed by atoms with Gasteiger partial charge in [-0.05, 0) is 28.5 Å². The number of benzene rings is 2. The van der Waals surface area contributed by atoms with Crippen molar-refractivity contribution < 1.29 is 0 Å². The maximum atomic E-state index is 5.53. The van der Waals surface area contributed by atoms with Crippen molar-refractivity contribution in [1.82, 2.24) is 0 Å². The van der Waals surface area contributed by atoms with E-state index >= 15 is 0 Å². The zero-order valence-corrected chi connectivity index (χ0v) is 9.25. The third-order valence-corrected chi connectivity index (χ3v) is 3.35. The maximum Gasteiger partial charge on any atom is 0.0382 e. The summed E-state index contributed by atoms with van der Waals surface area (Å²) < 4.78 is 0. The van der Waals surface area contributed by atoms with Crippen LogP contribution in [0, 0.1) is 12.3 Å². The lowest BCUT2D eigenvalue weighted by molar-refractivity contribution is 0.860. The molecule has 0 saturated heterocycles. The van der Waals surface area contributed by atoms with Gasteiger partial charge in [-0.25, -0.2) is 0 Å². The SMILES string of the molecule is C#Cc1cccc2c3c(ccc12)NCC3C. The van der Waals surface area contributed by atoms with Gasteiger partial charge in [-0.3, -0.25) is 0 Å². The molecule has 0 bridgehead atoms. The molecule has 1 unspecified atom stereocenters. The van der Waals surface area contributed by atoms with E-state index in [4.69, 9.17) is 6.42 Å². The Balaban J connectivity index is 2.43. The molecule has 78 valence electrons. The first kappa shape index (κ1) is 9.30. The van der Waals surface area contributed by atoms with Gasteiger partial charge in [-0.15, -0.1) is 6.42 Å². The van der Waals surface area contributed by atoms with Gasteiger partial charge in [0.05, 0.1) is 0 Å². The molecule has 1 heteroatoms. The van der Waals surface area contributed by atoms with Crippen LogP contribution in [0.5, 0.6) is 0 Å². The first-order chi connectivity index (χ1) is 7.81. The quantitative estimate of drug-likeness (QED) is 0.653. The van der Waals surface area contributed by atoms with Crippen LogP contribution in [0.1, 0.15) is 24.0 Å². The highest BCUT2D eigenvalue weighted by molar-refractivity contribution is 5.95. The fourth-order valence-electron chi connectivity index (χ4n) is 2.56. The molecule has 0 fully saturated rings. The summed E-state index contributed by atoms with van der Waals surface area (Å²) in [6.45, 7) is 3.27. The highest BCUT2D eigenvalue weighted by atomic mass is 14.9. The fourth-order valence-corrected chi connectivity index (χ4v) is 2.56. The van der Waals surface area contributed by atoms with E-state index in [0.717, 1.165) is 12.1 Å². The minimum atomic E-state index is 0.562. The number of fused-ring (bicyclic) bond motifs is 3. The second-order valence-corrected chi connectivity index (χ2v) is 4.35. The summed E-state index contributed by atoms with van der Waals surface area (Å²) in [7, 11) is 0. The number of hydrogen-bond donors (Lipinski definition) is 1. The third kappa shape index (κ3) is 1.13. The van der Waals surface area contributed by atoms with E-state index in [1.165, 1.54) is 22.0 Å². The van der Waals surface area contributed by atoms with Gasteiger partial charge in [0.1, 0.15) is 0 Å². The molecule has 0 saturated carbocycles. The molecule has 1 aliphatic rings. The number of rotatable bonds is 0. The van der Waals surface area contributed by atoms with Crippen molar-refractivity contribution in [2.24, 2.45) is 0 Å². The van der Waals surface area contributed by atoms with Crippen LogP contribution in [-0.2, 0) is 0 Å². The van der Waals surface area contributed by atoms with Crippen molar-refractivity contribution in [2.75, 3.05) is 11.9 Å². The average Bonchev–Trinajstić information content (AvgIpc) is 2.70. The van der Waals surface area contributed by atoms with Crippen LogP contribution < -0.4 is 5.32 Å². The Morgan fingerprint density at radius 1 is 1.25 bits per heavy atom. The summed E-state index contributed by atoms with van der Waals surface area (Å²) in [4.78, 5) is 0. The van der Waals surface area contributed by atoms with Crippen LogP contribution in [0.2, 0.25) is 0 Å². The van der Waals surface area contributed by atoms with Crippen molar-refractivity contribution >= 4 is 16.5 Å². The van der Waals surface area contributed by atoms with E-state index in [2.05, 4.69) is 36.4 Å². The zero-order valence-electron chi connectivity index (χ0n) is 9.25. The standard InChI is InChI=1S/C15H13N/c1-3-11-5-4-6-13-12(11)7-8-14-15(13)10(2)9-16-14/h1,4-8,10,16H,9H2,2H3. The smallest absolute Gasteiger partial charge is 0.0382 e. The summed E-state index contributed by atoms with van der Waals surface area (Å²) in [6, 6.07) is 10.5. The van der Waals surface area contributed by atoms with Crippen LogP contribution in [-0.4, -0.2) is 6.54 Å². The Hall–Kier alpha value is -1.94. The Labute approximate surface area is 95.5 Å². The molecule has 1 nitrogen and oxygen atoms in total. The fraction of sp³-hybridized carbons (Fsp3) is 0.200. The number of nitrogens with one attached hydrogen (secondary N) is 1. The highest BCUT2D eigenvalue weighted by Gasteiger charge is 2.20. The first-order valence-electron chi connectivity index (χ1n) is 5.57. The van der Waals surface area contributed by atoms with Crippen LogP contribution in [0.15, 0.2) is 30.3 Å². The lowest BCUT2D eigenvalue weighted by Gasteiger charge is -2.09. The first-order valence-corrected chi connectivity index (χ1v) is 5.57. The predicted molar refractivity (Wildman–Crippen MR) is 68.8 cm³/mol. The molecule has 0 aromatic heterocycles. The molecule has 0 amide bonds. The molecule has 1 aliphatic heterocycles. The number of anilines is 1. The van der Waals surface area contributed by atoms with Crippen LogP contribution in [0.4, 0.5) is 5.69 Å². The molecule has 1 heterocycles. The summed E-state index contributed by atoms with van der Waals surface area (Å²) in [6.07, 6.45) is 5.53. The van der Waals surface area contributed by atoms with Crippen molar-refractivity contribution in [3.8, 4) is 12.3 Å². The Morgan fingerprint density at radius 3 is 2.94 bits per heavy atom. The normalized spacial score (nSPS) is 17.9. The zero-order chi connectivity index (χ0) is 11.1. The lowest BCUT2D eigenvalue weighted by atomic mass is 9.94. The molecule has 16 heavy (non-hydrogen) atoms. The minimum Gasteiger partial charge on any atom is -0.384 e. The second kappa shape index (κ2) is 3.28. The molecule has 2 aromatic rings. The van der Waals surface area contributed by atoms with Gasteiger partial charge in [0.2, 0.25) is 0 Å². The molecule has 3 rings (SSSR count). The molecule has 1 atom stereocenters. The van der Waals surface area contributed by atoms with Gasteiger partial charge in [0, 0.05) is 23.7 Å². The molecular formula is C15H13N. The molecule has 0 aliphatic carbocycles. The van der Waals surface area contributed by atoms with E-state index in [0.29, 0.717) is 5.92 Å². The Bertz CT molecular complexity index is 605. The van der Waals surface area contributed by atoms with Crippen molar-refractivity contribution in [3.63, 3.8) is 0 Å². The van der Waals surface area contributed by atoms with E-state index in [-0.39, 0.29) is 0 Å². The summed E-state index contributed by atoms with van der Waals surface area (Å²) in [5, 5.41) is 5.92. The third-order valence-electron chi connectivity index (χ3n) is 3.35. The largest absolute Gasteiger partial charge is 0.384 e. The van der Waals surface area contributed by atoms with Crippen LogP contribution in [0.25, 0.3) is 10.8 Å².